The maximum absolute atomic E-state index is 12.6. The third kappa shape index (κ3) is 4.13. The minimum Gasteiger partial charge on any atom is -0.495 e. The van der Waals surface area contributed by atoms with Crippen molar-refractivity contribution in [3.05, 3.63) is 23.8 Å². The Kier molecular flexibility index (Phi) is 6.04. The molecule has 1 saturated heterocycles. The van der Waals surface area contributed by atoms with Crippen molar-refractivity contribution in [2.75, 3.05) is 52.2 Å². The van der Waals surface area contributed by atoms with Crippen LogP contribution in [0.15, 0.2) is 18.2 Å². The molecule has 0 radical (unpaired) electrons. The monoisotopic (exact) mass is 360 g/mol. The normalized spacial score (nSPS) is 20.7. The standard InChI is InChI=1S/C20H32N4O2/c1-16-7-6-8-17(26-3)18(16)22-19(25)21-15-20(9-4-5-10-20)24-13-11-23(2)12-14-24/h6-8H,4-5,9-15H2,1-3H3,(H2,21,22,25). The van der Waals surface area contributed by atoms with E-state index >= 15 is 0 Å². The maximum atomic E-state index is 12.6. The predicted molar refractivity (Wildman–Crippen MR) is 105 cm³/mol. The first-order chi connectivity index (χ1) is 12.5. The summed E-state index contributed by atoms with van der Waals surface area (Å²) in [7, 11) is 3.80. The van der Waals surface area contributed by atoms with Crippen molar-refractivity contribution in [3.8, 4) is 5.75 Å². The molecule has 1 heterocycles. The third-order valence-electron chi connectivity index (χ3n) is 5.98. The summed E-state index contributed by atoms with van der Waals surface area (Å²) in [5.41, 5.74) is 1.86. The summed E-state index contributed by atoms with van der Waals surface area (Å²) in [5, 5.41) is 6.12. The largest absolute Gasteiger partial charge is 0.495 e. The van der Waals surface area contributed by atoms with Crippen molar-refractivity contribution in [2.45, 2.75) is 38.1 Å². The number of hydrogen-bond donors (Lipinski definition) is 2. The van der Waals surface area contributed by atoms with Crippen molar-refractivity contribution in [1.82, 2.24) is 15.1 Å². The molecular weight excluding hydrogens is 328 g/mol. The Bertz CT molecular complexity index is 620. The Balaban J connectivity index is 1.62. The third-order valence-corrected chi connectivity index (χ3v) is 5.98. The number of hydrogen-bond acceptors (Lipinski definition) is 4. The van der Waals surface area contributed by atoms with Crippen molar-refractivity contribution < 1.29 is 9.53 Å². The number of amides is 2. The number of nitrogens with zero attached hydrogens (tertiary/aromatic N) is 2. The van der Waals surface area contributed by atoms with Crippen LogP contribution in [-0.4, -0.2) is 68.3 Å². The predicted octanol–water partition coefficient (Wildman–Crippen LogP) is 2.69. The van der Waals surface area contributed by atoms with Gasteiger partial charge in [0.05, 0.1) is 12.8 Å². The topological polar surface area (TPSA) is 56.8 Å². The van der Waals surface area contributed by atoms with Gasteiger partial charge in [0, 0.05) is 38.3 Å². The lowest BCUT2D eigenvalue weighted by atomic mass is 9.94. The first-order valence-corrected chi connectivity index (χ1v) is 9.66. The first-order valence-electron chi connectivity index (χ1n) is 9.66. The minimum atomic E-state index is -0.155. The number of benzene rings is 1. The highest BCUT2D eigenvalue weighted by Gasteiger charge is 2.40. The molecule has 1 aromatic carbocycles. The number of rotatable bonds is 5. The Labute approximate surface area is 156 Å². The van der Waals surface area contributed by atoms with E-state index in [9.17, 15) is 4.79 Å². The molecule has 2 aliphatic rings. The van der Waals surface area contributed by atoms with Crippen LogP contribution in [0.4, 0.5) is 10.5 Å². The van der Waals surface area contributed by atoms with Gasteiger partial charge in [-0.15, -0.1) is 0 Å². The molecule has 6 heteroatoms. The van der Waals surface area contributed by atoms with Gasteiger partial charge < -0.3 is 20.3 Å². The fourth-order valence-corrected chi connectivity index (χ4v) is 4.29. The number of ether oxygens (including phenoxy) is 1. The number of methoxy groups -OCH3 is 1. The van der Waals surface area contributed by atoms with Crippen molar-refractivity contribution in [3.63, 3.8) is 0 Å². The molecule has 0 atom stereocenters. The van der Waals surface area contributed by atoms with Crippen LogP contribution in [0.2, 0.25) is 0 Å². The number of carbonyl (C=O) groups excluding carboxylic acids is 1. The zero-order valence-corrected chi connectivity index (χ0v) is 16.3. The van der Waals surface area contributed by atoms with Gasteiger partial charge in [-0.05, 0) is 38.4 Å². The fourth-order valence-electron chi connectivity index (χ4n) is 4.29. The average Bonchev–Trinajstić information content (AvgIpc) is 3.12. The second-order valence-corrected chi connectivity index (χ2v) is 7.68. The van der Waals surface area contributed by atoms with E-state index in [0.29, 0.717) is 12.3 Å². The van der Waals surface area contributed by atoms with Crippen LogP contribution in [0, 0.1) is 6.92 Å². The van der Waals surface area contributed by atoms with Crippen molar-refractivity contribution in [1.29, 1.82) is 0 Å². The molecular formula is C20H32N4O2. The molecule has 0 unspecified atom stereocenters. The zero-order valence-electron chi connectivity index (χ0n) is 16.3. The smallest absolute Gasteiger partial charge is 0.319 e. The lowest BCUT2D eigenvalue weighted by Crippen LogP contribution is -2.59. The zero-order chi connectivity index (χ0) is 18.6. The van der Waals surface area contributed by atoms with E-state index in [-0.39, 0.29) is 11.6 Å². The second-order valence-electron chi connectivity index (χ2n) is 7.68. The van der Waals surface area contributed by atoms with Gasteiger partial charge in [0.1, 0.15) is 5.75 Å². The van der Waals surface area contributed by atoms with Gasteiger partial charge in [-0.25, -0.2) is 4.79 Å². The van der Waals surface area contributed by atoms with Crippen LogP contribution in [-0.2, 0) is 0 Å². The van der Waals surface area contributed by atoms with Gasteiger partial charge in [0.25, 0.3) is 0 Å². The van der Waals surface area contributed by atoms with Crippen molar-refractivity contribution >= 4 is 11.7 Å². The number of aryl methyl sites for hydroxylation is 1. The minimum absolute atomic E-state index is 0.119. The van der Waals surface area contributed by atoms with Crippen LogP contribution < -0.4 is 15.4 Å². The molecule has 0 spiro atoms. The van der Waals surface area contributed by atoms with Crippen LogP contribution in [0.25, 0.3) is 0 Å². The Morgan fingerprint density at radius 2 is 1.88 bits per heavy atom. The Morgan fingerprint density at radius 1 is 1.19 bits per heavy atom. The molecule has 2 fully saturated rings. The van der Waals surface area contributed by atoms with Crippen molar-refractivity contribution in [2.24, 2.45) is 0 Å². The van der Waals surface area contributed by atoms with Gasteiger partial charge in [-0.3, -0.25) is 4.90 Å². The molecule has 1 aliphatic heterocycles. The summed E-state index contributed by atoms with van der Waals surface area (Å²) in [6.45, 7) is 7.07. The summed E-state index contributed by atoms with van der Waals surface area (Å²) >= 11 is 0. The van der Waals surface area contributed by atoms with Crippen LogP contribution in [0.5, 0.6) is 5.75 Å². The quantitative estimate of drug-likeness (QED) is 0.848. The molecule has 3 rings (SSSR count). The van der Waals surface area contributed by atoms with E-state index in [2.05, 4.69) is 27.5 Å². The van der Waals surface area contributed by atoms with E-state index in [1.54, 1.807) is 7.11 Å². The summed E-state index contributed by atoms with van der Waals surface area (Å²) in [4.78, 5) is 17.5. The molecule has 1 aromatic rings. The van der Waals surface area contributed by atoms with E-state index in [1.807, 2.05) is 25.1 Å². The maximum Gasteiger partial charge on any atom is 0.319 e. The van der Waals surface area contributed by atoms with Gasteiger partial charge >= 0.3 is 6.03 Å². The fraction of sp³-hybridized carbons (Fsp3) is 0.650. The van der Waals surface area contributed by atoms with Crippen LogP contribution in [0.3, 0.4) is 0 Å². The summed E-state index contributed by atoms with van der Waals surface area (Å²) < 4.78 is 5.37. The molecule has 1 aliphatic carbocycles. The van der Waals surface area contributed by atoms with Gasteiger partial charge in [-0.1, -0.05) is 25.0 Å². The van der Waals surface area contributed by atoms with Gasteiger partial charge in [0.15, 0.2) is 0 Å². The molecule has 26 heavy (non-hydrogen) atoms. The van der Waals surface area contributed by atoms with Gasteiger partial charge in [-0.2, -0.15) is 0 Å². The van der Waals surface area contributed by atoms with E-state index in [4.69, 9.17) is 4.74 Å². The average molecular weight is 361 g/mol. The van der Waals surface area contributed by atoms with E-state index in [1.165, 1.54) is 25.7 Å². The van der Waals surface area contributed by atoms with Crippen LogP contribution >= 0.6 is 0 Å². The number of para-hydroxylation sites is 1. The lowest BCUT2D eigenvalue weighted by Gasteiger charge is -2.45. The summed E-state index contributed by atoms with van der Waals surface area (Å²) in [6.07, 6.45) is 4.85. The molecule has 2 N–H and O–H groups in total. The SMILES string of the molecule is COc1cccc(C)c1NC(=O)NCC1(N2CCN(C)CC2)CCCC1. The molecule has 0 bridgehead atoms. The molecule has 144 valence electrons. The van der Waals surface area contributed by atoms with Crippen LogP contribution in [0.1, 0.15) is 31.2 Å². The highest BCUT2D eigenvalue weighted by atomic mass is 16.5. The number of urea groups is 1. The molecule has 0 aromatic heterocycles. The lowest BCUT2D eigenvalue weighted by molar-refractivity contribution is 0.0446. The van der Waals surface area contributed by atoms with E-state index in [0.717, 1.165) is 37.4 Å². The number of likely N-dealkylation sites (N-methyl/N-ethyl adjacent to an activating group) is 1. The highest BCUT2D eigenvalue weighted by Crippen LogP contribution is 2.35. The number of nitrogens with one attached hydrogen (secondary N) is 2. The second kappa shape index (κ2) is 8.27. The summed E-state index contributed by atoms with van der Waals surface area (Å²) in [6, 6.07) is 5.61. The Morgan fingerprint density at radius 3 is 2.54 bits per heavy atom. The highest BCUT2D eigenvalue weighted by molar-refractivity contribution is 5.92. The molecule has 2 amide bonds. The molecule has 1 saturated carbocycles. The Hall–Kier alpha value is -1.79. The summed E-state index contributed by atoms with van der Waals surface area (Å²) in [5.74, 6) is 0.690. The van der Waals surface area contributed by atoms with E-state index < -0.39 is 0 Å². The number of anilines is 1. The molecule has 6 nitrogen and oxygen atoms in total. The number of piperazine rings is 1. The van der Waals surface area contributed by atoms with Gasteiger partial charge in [0.2, 0.25) is 0 Å². The number of carbonyl (C=O) groups is 1. The first kappa shape index (κ1) is 19.0.